The minimum absolute atomic E-state index is 0.112. The molecule has 1 aromatic carbocycles. The Labute approximate surface area is 103 Å². The Kier molecular flexibility index (Phi) is 4.63. The second kappa shape index (κ2) is 5.55. The first-order chi connectivity index (χ1) is 7.38. The lowest BCUT2D eigenvalue weighted by atomic mass is 10.2. The molecule has 0 atom stereocenters. The maximum atomic E-state index is 5.92. The molecule has 0 fully saturated rings. The summed E-state index contributed by atoms with van der Waals surface area (Å²) in [6.07, 6.45) is 0. The van der Waals surface area contributed by atoms with Crippen LogP contribution in [0.5, 0.6) is 5.75 Å². The SMILES string of the molecule is Cc1cc(OCCOC(C)(C)C)ccc1Cl. The van der Waals surface area contributed by atoms with Gasteiger partial charge in [0.15, 0.2) is 0 Å². The number of rotatable bonds is 4. The molecule has 2 nitrogen and oxygen atoms in total. The van der Waals surface area contributed by atoms with E-state index in [1.165, 1.54) is 0 Å². The lowest BCUT2D eigenvalue weighted by Gasteiger charge is -2.19. The summed E-state index contributed by atoms with van der Waals surface area (Å²) in [5.74, 6) is 0.833. The molecule has 1 rings (SSSR count). The summed E-state index contributed by atoms with van der Waals surface area (Å²) in [7, 11) is 0. The molecule has 0 heterocycles. The Balaban J connectivity index is 2.35. The summed E-state index contributed by atoms with van der Waals surface area (Å²) < 4.78 is 11.1. The van der Waals surface area contributed by atoms with Gasteiger partial charge in [0, 0.05) is 5.02 Å². The minimum atomic E-state index is -0.112. The first-order valence-corrected chi connectivity index (χ1v) is 5.79. The first kappa shape index (κ1) is 13.3. The van der Waals surface area contributed by atoms with Crippen LogP contribution in [-0.2, 0) is 4.74 Å². The van der Waals surface area contributed by atoms with Crippen LogP contribution in [-0.4, -0.2) is 18.8 Å². The van der Waals surface area contributed by atoms with E-state index in [2.05, 4.69) is 0 Å². The third-order valence-corrected chi connectivity index (χ3v) is 2.44. The number of halogens is 1. The van der Waals surface area contributed by atoms with Crippen molar-refractivity contribution in [1.29, 1.82) is 0 Å². The molecule has 0 aliphatic rings. The van der Waals surface area contributed by atoms with E-state index in [1.54, 1.807) is 0 Å². The standard InChI is InChI=1S/C13H19ClO2/c1-10-9-11(5-6-12(10)14)15-7-8-16-13(2,3)4/h5-6,9H,7-8H2,1-4H3. The van der Waals surface area contributed by atoms with Gasteiger partial charge in [0.1, 0.15) is 12.4 Å². The quantitative estimate of drug-likeness (QED) is 0.747. The Morgan fingerprint density at radius 1 is 1.19 bits per heavy atom. The number of aryl methyl sites for hydroxylation is 1. The normalized spacial score (nSPS) is 11.6. The van der Waals surface area contributed by atoms with E-state index in [0.29, 0.717) is 13.2 Å². The first-order valence-electron chi connectivity index (χ1n) is 5.41. The van der Waals surface area contributed by atoms with Crippen LogP contribution >= 0.6 is 11.6 Å². The highest BCUT2D eigenvalue weighted by Gasteiger charge is 2.09. The minimum Gasteiger partial charge on any atom is -0.491 e. The monoisotopic (exact) mass is 242 g/mol. The van der Waals surface area contributed by atoms with Gasteiger partial charge in [0.05, 0.1) is 12.2 Å². The van der Waals surface area contributed by atoms with Gasteiger partial charge >= 0.3 is 0 Å². The highest BCUT2D eigenvalue weighted by Crippen LogP contribution is 2.20. The van der Waals surface area contributed by atoms with Crippen molar-refractivity contribution in [2.24, 2.45) is 0 Å². The van der Waals surface area contributed by atoms with Crippen LogP contribution in [0.1, 0.15) is 26.3 Å². The molecule has 0 amide bonds. The summed E-state index contributed by atoms with van der Waals surface area (Å²) in [6, 6.07) is 5.64. The molecular formula is C13H19ClO2. The lowest BCUT2D eigenvalue weighted by Crippen LogP contribution is -2.22. The number of ether oxygens (including phenoxy) is 2. The van der Waals surface area contributed by atoms with Crippen molar-refractivity contribution >= 4 is 11.6 Å². The van der Waals surface area contributed by atoms with Gasteiger partial charge in [-0.1, -0.05) is 11.6 Å². The van der Waals surface area contributed by atoms with Crippen LogP contribution < -0.4 is 4.74 Å². The van der Waals surface area contributed by atoms with Crippen molar-refractivity contribution < 1.29 is 9.47 Å². The van der Waals surface area contributed by atoms with Crippen molar-refractivity contribution in [3.8, 4) is 5.75 Å². The van der Waals surface area contributed by atoms with E-state index in [1.807, 2.05) is 45.9 Å². The zero-order valence-corrected chi connectivity index (χ0v) is 11.1. The maximum Gasteiger partial charge on any atom is 0.119 e. The number of benzene rings is 1. The van der Waals surface area contributed by atoms with Crippen molar-refractivity contribution in [2.75, 3.05) is 13.2 Å². The summed E-state index contributed by atoms with van der Waals surface area (Å²) in [5.41, 5.74) is 0.912. The van der Waals surface area contributed by atoms with Crippen molar-refractivity contribution in [3.63, 3.8) is 0 Å². The van der Waals surface area contributed by atoms with Crippen molar-refractivity contribution in [1.82, 2.24) is 0 Å². The third kappa shape index (κ3) is 4.86. The van der Waals surface area contributed by atoms with Gasteiger partial charge in [0.25, 0.3) is 0 Å². The van der Waals surface area contributed by atoms with Crippen molar-refractivity contribution in [3.05, 3.63) is 28.8 Å². The largest absolute Gasteiger partial charge is 0.491 e. The summed E-state index contributed by atoms with van der Waals surface area (Å²) >= 11 is 5.92. The maximum absolute atomic E-state index is 5.92. The van der Waals surface area contributed by atoms with Gasteiger partial charge in [-0.15, -0.1) is 0 Å². The predicted molar refractivity (Wildman–Crippen MR) is 67.4 cm³/mol. The predicted octanol–water partition coefficient (Wildman–Crippen LogP) is 3.84. The molecule has 0 aromatic heterocycles. The van der Waals surface area contributed by atoms with E-state index < -0.39 is 0 Å². The van der Waals surface area contributed by atoms with E-state index in [9.17, 15) is 0 Å². The van der Waals surface area contributed by atoms with Crippen LogP contribution in [0.3, 0.4) is 0 Å². The second-order valence-electron chi connectivity index (χ2n) is 4.72. The van der Waals surface area contributed by atoms with Gasteiger partial charge in [-0.05, 0) is 51.5 Å². The molecule has 0 N–H and O–H groups in total. The number of hydrogen-bond acceptors (Lipinski definition) is 2. The molecule has 0 saturated carbocycles. The van der Waals surface area contributed by atoms with Crippen LogP contribution in [0.15, 0.2) is 18.2 Å². The molecular weight excluding hydrogens is 224 g/mol. The molecule has 3 heteroatoms. The Morgan fingerprint density at radius 2 is 1.88 bits per heavy atom. The van der Waals surface area contributed by atoms with E-state index in [4.69, 9.17) is 21.1 Å². The Bertz CT molecular complexity index is 342. The van der Waals surface area contributed by atoms with Crippen LogP contribution in [0, 0.1) is 6.92 Å². The lowest BCUT2D eigenvalue weighted by molar-refractivity contribution is -0.0163. The fourth-order valence-electron chi connectivity index (χ4n) is 1.21. The van der Waals surface area contributed by atoms with Crippen LogP contribution in [0.4, 0.5) is 0 Å². The Hall–Kier alpha value is -0.730. The molecule has 1 aromatic rings. The topological polar surface area (TPSA) is 18.5 Å². The van der Waals surface area contributed by atoms with Gasteiger partial charge in [-0.25, -0.2) is 0 Å². The van der Waals surface area contributed by atoms with E-state index in [-0.39, 0.29) is 5.60 Å². The van der Waals surface area contributed by atoms with Crippen LogP contribution in [0.25, 0.3) is 0 Å². The zero-order valence-electron chi connectivity index (χ0n) is 10.3. The molecule has 0 radical (unpaired) electrons. The molecule has 0 bridgehead atoms. The van der Waals surface area contributed by atoms with E-state index >= 15 is 0 Å². The second-order valence-corrected chi connectivity index (χ2v) is 5.13. The van der Waals surface area contributed by atoms with Gasteiger partial charge in [0.2, 0.25) is 0 Å². The molecule has 0 saturated heterocycles. The number of hydrogen-bond donors (Lipinski definition) is 0. The molecule has 90 valence electrons. The van der Waals surface area contributed by atoms with Gasteiger partial charge in [-0.3, -0.25) is 0 Å². The molecule has 0 aliphatic heterocycles. The van der Waals surface area contributed by atoms with Crippen LogP contribution in [0.2, 0.25) is 5.02 Å². The highest BCUT2D eigenvalue weighted by molar-refractivity contribution is 6.31. The molecule has 0 aliphatic carbocycles. The smallest absolute Gasteiger partial charge is 0.119 e. The van der Waals surface area contributed by atoms with E-state index in [0.717, 1.165) is 16.3 Å². The average Bonchev–Trinajstić information content (AvgIpc) is 2.17. The highest BCUT2D eigenvalue weighted by atomic mass is 35.5. The van der Waals surface area contributed by atoms with Crippen molar-refractivity contribution in [2.45, 2.75) is 33.3 Å². The molecule has 0 spiro atoms. The summed E-state index contributed by atoms with van der Waals surface area (Å²) in [5, 5.41) is 0.762. The molecule has 0 unspecified atom stereocenters. The van der Waals surface area contributed by atoms with Gasteiger partial charge in [-0.2, -0.15) is 0 Å². The molecule has 16 heavy (non-hydrogen) atoms. The van der Waals surface area contributed by atoms with Gasteiger partial charge < -0.3 is 9.47 Å². The average molecular weight is 243 g/mol. The summed E-state index contributed by atoms with van der Waals surface area (Å²) in [6.45, 7) is 9.18. The summed E-state index contributed by atoms with van der Waals surface area (Å²) in [4.78, 5) is 0. The zero-order chi connectivity index (χ0) is 12.2. The fourth-order valence-corrected chi connectivity index (χ4v) is 1.33. The fraction of sp³-hybridized carbons (Fsp3) is 0.538. The third-order valence-electron chi connectivity index (χ3n) is 2.02. The Morgan fingerprint density at radius 3 is 2.44 bits per heavy atom.